The van der Waals surface area contributed by atoms with Gasteiger partial charge in [0, 0.05) is 16.8 Å². The predicted octanol–water partition coefficient (Wildman–Crippen LogP) is 2.18. The minimum absolute atomic E-state index is 0.0540. The van der Waals surface area contributed by atoms with E-state index in [9.17, 15) is 9.59 Å². The molecule has 0 bridgehead atoms. The molecule has 1 amide bonds. The zero-order valence-corrected chi connectivity index (χ0v) is 14.9. The van der Waals surface area contributed by atoms with Crippen LogP contribution in [-0.2, 0) is 0 Å². The SMILES string of the molecule is COc1ccc(-n2nc(C(=O)NC(C)C)c3csc(N)c3c2=O)cc1. The van der Waals surface area contributed by atoms with Gasteiger partial charge in [0.15, 0.2) is 5.69 Å². The summed E-state index contributed by atoms with van der Waals surface area (Å²) < 4.78 is 6.32. The number of thiophene rings is 1. The predicted molar refractivity (Wildman–Crippen MR) is 98.8 cm³/mol. The zero-order valence-electron chi connectivity index (χ0n) is 14.1. The third kappa shape index (κ3) is 3.08. The van der Waals surface area contributed by atoms with Crippen molar-refractivity contribution in [3.63, 3.8) is 0 Å². The first kappa shape index (κ1) is 17.0. The van der Waals surface area contributed by atoms with Gasteiger partial charge < -0.3 is 15.8 Å². The maximum absolute atomic E-state index is 12.8. The van der Waals surface area contributed by atoms with Crippen molar-refractivity contribution in [1.82, 2.24) is 15.1 Å². The molecule has 25 heavy (non-hydrogen) atoms. The number of nitrogens with two attached hydrogens (primary N) is 1. The number of anilines is 1. The van der Waals surface area contributed by atoms with Gasteiger partial charge in [-0.05, 0) is 38.1 Å². The number of hydrogen-bond donors (Lipinski definition) is 2. The van der Waals surface area contributed by atoms with Crippen LogP contribution in [0.15, 0.2) is 34.4 Å². The fraction of sp³-hybridized carbons (Fsp3) is 0.235. The van der Waals surface area contributed by atoms with Crippen LogP contribution in [-0.4, -0.2) is 28.8 Å². The molecule has 3 N–H and O–H groups in total. The molecule has 0 fully saturated rings. The highest BCUT2D eigenvalue weighted by Gasteiger charge is 2.21. The molecule has 0 saturated heterocycles. The van der Waals surface area contributed by atoms with E-state index in [4.69, 9.17) is 10.5 Å². The minimum Gasteiger partial charge on any atom is -0.497 e. The summed E-state index contributed by atoms with van der Waals surface area (Å²) in [6.45, 7) is 3.72. The summed E-state index contributed by atoms with van der Waals surface area (Å²) in [5, 5.41) is 9.93. The second-order valence-electron chi connectivity index (χ2n) is 5.78. The number of rotatable bonds is 4. The molecule has 2 aromatic heterocycles. The van der Waals surface area contributed by atoms with Crippen LogP contribution in [0, 0.1) is 0 Å². The average molecular weight is 358 g/mol. The van der Waals surface area contributed by atoms with Crippen LogP contribution in [0.1, 0.15) is 24.3 Å². The molecule has 0 aliphatic rings. The van der Waals surface area contributed by atoms with Crippen LogP contribution in [0.25, 0.3) is 16.5 Å². The number of carbonyl (C=O) groups excluding carboxylic acids is 1. The second kappa shape index (κ2) is 6.56. The largest absolute Gasteiger partial charge is 0.497 e. The van der Waals surface area contributed by atoms with E-state index < -0.39 is 0 Å². The Hall–Kier alpha value is -2.87. The van der Waals surface area contributed by atoms with Gasteiger partial charge in [0.25, 0.3) is 11.5 Å². The van der Waals surface area contributed by atoms with Gasteiger partial charge in [0.1, 0.15) is 5.75 Å². The number of nitrogen functional groups attached to an aromatic ring is 1. The summed E-state index contributed by atoms with van der Waals surface area (Å²) in [7, 11) is 1.56. The second-order valence-corrected chi connectivity index (χ2v) is 6.69. The van der Waals surface area contributed by atoms with Gasteiger partial charge in [-0.1, -0.05) is 0 Å². The molecule has 130 valence electrons. The van der Waals surface area contributed by atoms with Gasteiger partial charge >= 0.3 is 0 Å². The monoisotopic (exact) mass is 358 g/mol. The van der Waals surface area contributed by atoms with Crippen molar-refractivity contribution in [2.75, 3.05) is 12.8 Å². The molecule has 0 radical (unpaired) electrons. The van der Waals surface area contributed by atoms with Crippen LogP contribution >= 0.6 is 11.3 Å². The van der Waals surface area contributed by atoms with E-state index in [0.29, 0.717) is 27.2 Å². The van der Waals surface area contributed by atoms with Crippen LogP contribution in [0.2, 0.25) is 0 Å². The Morgan fingerprint density at radius 1 is 1.32 bits per heavy atom. The summed E-state index contributed by atoms with van der Waals surface area (Å²) in [6, 6.07) is 6.79. The fourth-order valence-corrected chi connectivity index (χ4v) is 3.26. The van der Waals surface area contributed by atoms with Crippen molar-refractivity contribution in [1.29, 1.82) is 0 Å². The number of nitrogens with zero attached hydrogens (tertiary/aromatic N) is 2. The Labute approximate surface area is 148 Å². The molecular formula is C17H18N4O3S. The van der Waals surface area contributed by atoms with Crippen molar-refractivity contribution >= 4 is 33.0 Å². The molecule has 0 spiro atoms. The summed E-state index contributed by atoms with van der Waals surface area (Å²) in [5.41, 5.74) is 6.30. The number of fused-ring (bicyclic) bond motifs is 1. The Morgan fingerprint density at radius 3 is 2.60 bits per heavy atom. The molecule has 8 heteroatoms. The third-order valence-electron chi connectivity index (χ3n) is 3.63. The van der Waals surface area contributed by atoms with Gasteiger partial charge in [-0.2, -0.15) is 9.78 Å². The number of ether oxygens (including phenoxy) is 1. The highest BCUT2D eigenvalue weighted by Crippen LogP contribution is 2.27. The van der Waals surface area contributed by atoms with Crippen molar-refractivity contribution in [3.05, 3.63) is 45.7 Å². The highest BCUT2D eigenvalue weighted by molar-refractivity contribution is 7.15. The van der Waals surface area contributed by atoms with Crippen molar-refractivity contribution in [2.24, 2.45) is 0 Å². The summed E-state index contributed by atoms with van der Waals surface area (Å²) in [6.07, 6.45) is 0. The summed E-state index contributed by atoms with van der Waals surface area (Å²) in [4.78, 5) is 25.4. The van der Waals surface area contributed by atoms with Gasteiger partial charge in [-0.15, -0.1) is 11.3 Å². The molecule has 7 nitrogen and oxygen atoms in total. The van der Waals surface area contributed by atoms with E-state index in [1.807, 2.05) is 13.8 Å². The molecule has 0 aliphatic carbocycles. The van der Waals surface area contributed by atoms with Gasteiger partial charge in [-0.25, -0.2) is 0 Å². The van der Waals surface area contributed by atoms with Crippen molar-refractivity contribution in [3.8, 4) is 11.4 Å². The number of carbonyl (C=O) groups is 1. The number of benzene rings is 1. The van der Waals surface area contributed by atoms with Crippen molar-refractivity contribution < 1.29 is 9.53 Å². The molecule has 3 aromatic rings. The van der Waals surface area contributed by atoms with Gasteiger partial charge in [0.2, 0.25) is 0 Å². The highest BCUT2D eigenvalue weighted by atomic mass is 32.1. The van der Waals surface area contributed by atoms with Crippen LogP contribution < -0.4 is 21.3 Å². The number of hydrogen-bond acceptors (Lipinski definition) is 6. The molecule has 0 aliphatic heterocycles. The van der Waals surface area contributed by atoms with Crippen LogP contribution in [0.4, 0.5) is 5.00 Å². The van der Waals surface area contributed by atoms with E-state index in [1.165, 1.54) is 16.0 Å². The molecule has 2 heterocycles. The lowest BCUT2D eigenvalue weighted by Gasteiger charge is -2.12. The molecule has 1 aromatic carbocycles. The lowest BCUT2D eigenvalue weighted by molar-refractivity contribution is 0.0938. The fourth-order valence-electron chi connectivity index (χ4n) is 2.47. The van der Waals surface area contributed by atoms with E-state index in [1.54, 1.807) is 36.8 Å². The normalized spacial score (nSPS) is 11.0. The lowest BCUT2D eigenvalue weighted by atomic mass is 10.2. The average Bonchev–Trinajstić information content (AvgIpc) is 2.97. The van der Waals surface area contributed by atoms with Crippen LogP contribution in [0.5, 0.6) is 5.75 Å². The first-order chi connectivity index (χ1) is 11.9. The molecule has 0 saturated carbocycles. The minimum atomic E-state index is -0.361. The van der Waals surface area contributed by atoms with E-state index >= 15 is 0 Å². The maximum Gasteiger partial charge on any atom is 0.282 e. The van der Waals surface area contributed by atoms with Gasteiger partial charge in [0.05, 0.1) is 23.2 Å². The smallest absolute Gasteiger partial charge is 0.282 e. The number of methoxy groups -OCH3 is 1. The molecule has 0 atom stereocenters. The summed E-state index contributed by atoms with van der Waals surface area (Å²) in [5.74, 6) is 0.311. The van der Waals surface area contributed by atoms with E-state index in [-0.39, 0.29) is 23.2 Å². The third-order valence-corrected chi connectivity index (χ3v) is 4.44. The quantitative estimate of drug-likeness (QED) is 0.745. The molecular weight excluding hydrogens is 340 g/mol. The maximum atomic E-state index is 12.8. The molecule has 3 rings (SSSR count). The molecule has 0 unspecified atom stereocenters. The first-order valence-electron chi connectivity index (χ1n) is 7.67. The summed E-state index contributed by atoms with van der Waals surface area (Å²) >= 11 is 1.22. The van der Waals surface area contributed by atoms with E-state index in [2.05, 4.69) is 10.4 Å². The standard InChI is InChI=1S/C17H18N4O3S/c1-9(2)19-16(22)14-12-8-25-15(18)13(12)17(23)21(20-14)10-4-6-11(24-3)7-5-10/h4-9H,18H2,1-3H3,(H,19,22). The zero-order chi connectivity index (χ0) is 18.1. The number of amides is 1. The Bertz CT molecular complexity index is 990. The number of nitrogens with one attached hydrogen (secondary N) is 1. The van der Waals surface area contributed by atoms with Crippen molar-refractivity contribution in [2.45, 2.75) is 19.9 Å². The Morgan fingerprint density at radius 2 is 2.00 bits per heavy atom. The lowest BCUT2D eigenvalue weighted by Crippen LogP contribution is -2.33. The van der Waals surface area contributed by atoms with E-state index in [0.717, 1.165) is 0 Å². The first-order valence-corrected chi connectivity index (χ1v) is 8.55. The van der Waals surface area contributed by atoms with Gasteiger partial charge in [-0.3, -0.25) is 9.59 Å². The Kier molecular flexibility index (Phi) is 4.45. The number of aromatic nitrogens is 2. The van der Waals surface area contributed by atoms with Crippen LogP contribution in [0.3, 0.4) is 0 Å². The Balaban J connectivity index is 2.24. The topological polar surface area (TPSA) is 99.2 Å².